The highest BCUT2D eigenvalue weighted by Crippen LogP contribution is 2.34. The van der Waals surface area contributed by atoms with Gasteiger partial charge in [0.1, 0.15) is 0 Å². The molecule has 4 rings (SSSR count). The molecule has 3 aliphatic heterocycles. The van der Waals surface area contributed by atoms with Crippen LogP contribution in [0.25, 0.3) is 0 Å². The second-order valence-electron chi connectivity index (χ2n) is 7.62. The minimum absolute atomic E-state index is 0.0446. The van der Waals surface area contributed by atoms with E-state index in [9.17, 15) is 9.59 Å². The van der Waals surface area contributed by atoms with Gasteiger partial charge in [0.2, 0.25) is 11.8 Å². The molecule has 3 saturated heterocycles. The molecule has 2 amide bonds. The van der Waals surface area contributed by atoms with E-state index >= 15 is 0 Å². The molecule has 27 heavy (non-hydrogen) atoms. The number of benzene rings is 1. The molecule has 7 heteroatoms. The molecule has 1 unspecified atom stereocenters. The smallest absolute Gasteiger partial charge is 0.228 e. The number of hydrogen-bond donors (Lipinski definition) is 0. The fourth-order valence-corrected chi connectivity index (χ4v) is 4.15. The lowest BCUT2D eigenvalue weighted by molar-refractivity contribution is -0.137. The van der Waals surface area contributed by atoms with Crippen LogP contribution in [0.1, 0.15) is 6.42 Å². The van der Waals surface area contributed by atoms with Crippen LogP contribution >= 0.6 is 0 Å². The standard InChI is InChI=1S/C20H28N4O3/c1-21-6-8-23(9-7-21)20(26)16-14-19(25)24(15-16)18-5-3-2-4-17(18)22-10-12-27-13-11-22/h2-5,16H,6-15H2,1H3. The number of amides is 2. The van der Waals surface area contributed by atoms with Crippen molar-refractivity contribution in [2.75, 3.05) is 75.9 Å². The molecule has 0 aromatic heterocycles. The fourth-order valence-electron chi connectivity index (χ4n) is 4.15. The van der Waals surface area contributed by atoms with E-state index in [2.05, 4.69) is 22.9 Å². The van der Waals surface area contributed by atoms with Crippen LogP contribution < -0.4 is 9.80 Å². The maximum Gasteiger partial charge on any atom is 0.228 e. The number of carbonyl (C=O) groups excluding carboxylic acids is 2. The molecule has 1 aromatic rings. The van der Waals surface area contributed by atoms with Gasteiger partial charge in [-0.1, -0.05) is 12.1 Å². The van der Waals surface area contributed by atoms with Crippen molar-refractivity contribution in [3.8, 4) is 0 Å². The molecule has 1 aromatic carbocycles. The first-order chi connectivity index (χ1) is 13.1. The normalized spacial score (nSPS) is 24.6. The van der Waals surface area contributed by atoms with Gasteiger partial charge in [0.05, 0.1) is 30.5 Å². The van der Waals surface area contributed by atoms with Crippen LogP contribution in [-0.2, 0) is 14.3 Å². The minimum atomic E-state index is -0.237. The number of nitrogens with zero attached hydrogens (tertiary/aromatic N) is 4. The van der Waals surface area contributed by atoms with Crippen molar-refractivity contribution in [1.82, 2.24) is 9.80 Å². The Balaban J connectivity index is 1.49. The van der Waals surface area contributed by atoms with Crippen molar-refractivity contribution in [2.24, 2.45) is 5.92 Å². The number of likely N-dealkylation sites (N-methyl/N-ethyl adjacent to an activating group) is 1. The number of ether oxygens (including phenoxy) is 1. The number of morpholine rings is 1. The van der Waals surface area contributed by atoms with E-state index < -0.39 is 0 Å². The third-order valence-electron chi connectivity index (χ3n) is 5.81. The van der Waals surface area contributed by atoms with Crippen molar-refractivity contribution < 1.29 is 14.3 Å². The zero-order chi connectivity index (χ0) is 18.8. The van der Waals surface area contributed by atoms with E-state index in [0.29, 0.717) is 26.2 Å². The summed E-state index contributed by atoms with van der Waals surface area (Å²) in [4.78, 5) is 33.9. The lowest BCUT2D eigenvalue weighted by Gasteiger charge is -2.34. The Morgan fingerprint density at radius 3 is 2.37 bits per heavy atom. The quantitative estimate of drug-likeness (QED) is 0.780. The molecule has 3 heterocycles. The Kier molecular flexibility index (Phi) is 5.31. The number of hydrogen-bond acceptors (Lipinski definition) is 5. The summed E-state index contributed by atoms with van der Waals surface area (Å²) >= 11 is 0. The number of piperazine rings is 1. The molecule has 7 nitrogen and oxygen atoms in total. The Bertz CT molecular complexity index is 696. The van der Waals surface area contributed by atoms with Gasteiger partial charge in [0, 0.05) is 52.2 Å². The topological polar surface area (TPSA) is 56.3 Å². The molecule has 0 bridgehead atoms. The summed E-state index contributed by atoms with van der Waals surface area (Å²) < 4.78 is 5.46. The zero-order valence-corrected chi connectivity index (χ0v) is 16.0. The molecule has 0 saturated carbocycles. The van der Waals surface area contributed by atoms with Gasteiger partial charge in [-0.15, -0.1) is 0 Å². The van der Waals surface area contributed by atoms with Crippen LogP contribution in [0, 0.1) is 5.92 Å². The Morgan fingerprint density at radius 2 is 1.67 bits per heavy atom. The van der Waals surface area contributed by atoms with Gasteiger partial charge in [-0.25, -0.2) is 0 Å². The number of carbonyl (C=O) groups is 2. The maximum absolute atomic E-state index is 12.9. The summed E-state index contributed by atoms with van der Waals surface area (Å²) in [5.41, 5.74) is 1.97. The SMILES string of the molecule is CN1CCN(C(=O)C2CC(=O)N(c3ccccc3N3CCOCC3)C2)CC1. The van der Waals surface area contributed by atoms with Crippen LogP contribution in [0.2, 0.25) is 0 Å². The van der Waals surface area contributed by atoms with Crippen molar-refractivity contribution in [2.45, 2.75) is 6.42 Å². The number of para-hydroxylation sites is 2. The molecule has 3 fully saturated rings. The summed E-state index contributed by atoms with van der Waals surface area (Å²) in [7, 11) is 2.07. The van der Waals surface area contributed by atoms with E-state index in [1.54, 1.807) is 0 Å². The average Bonchev–Trinajstić information content (AvgIpc) is 3.10. The van der Waals surface area contributed by atoms with Gasteiger partial charge in [0.15, 0.2) is 0 Å². The first-order valence-electron chi connectivity index (χ1n) is 9.83. The van der Waals surface area contributed by atoms with Crippen LogP contribution in [0.3, 0.4) is 0 Å². The third kappa shape index (κ3) is 3.80. The summed E-state index contributed by atoms with van der Waals surface area (Å²) in [5.74, 6) is -0.0651. The molecular weight excluding hydrogens is 344 g/mol. The first kappa shape index (κ1) is 18.3. The Labute approximate surface area is 160 Å². The second-order valence-corrected chi connectivity index (χ2v) is 7.62. The van der Waals surface area contributed by atoms with Gasteiger partial charge in [-0.3, -0.25) is 9.59 Å². The molecule has 0 radical (unpaired) electrons. The third-order valence-corrected chi connectivity index (χ3v) is 5.81. The maximum atomic E-state index is 12.9. The highest BCUT2D eigenvalue weighted by atomic mass is 16.5. The zero-order valence-electron chi connectivity index (χ0n) is 16.0. The van der Waals surface area contributed by atoms with E-state index in [0.717, 1.165) is 50.6 Å². The second kappa shape index (κ2) is 7.86. The predicted molar refractivity (Wildman–Crippen MR) is 104 cm³/mol. The largest absolute Gasteiger partial charge is 0.378 e. The van der Waals surface area contributed by atoms with Crippen LogP contribution in [0.4, 0.5) is 11.4 Å². The average molecular weight is 372 g/mol. The molecule has 0 N–H and O–H groups in total. The number of rotatable bonds is 3. The van der Waals surface area contributed by atoms with E-state index in [1.165, 1.54) is 0 Å². The molecule has 3 aliphatic rings. The van der Waals surface area contributed by atoms with Crippen LogP contribution in [0.5, 0.6) is 0 Å². The van der Waals surface area contributed by atoms with Gasteiger partial charge in [0.25, 0.3) is 0 Å². The summed E-state index contributed by atoms with van der Waals surface area (Å²) in [6.45, 7) is 6.83. The lowest BCUT2D eigenvalue weighted by Crippen LogP contribution is -2.49. The van der Waals surface area contributed by atoms with Gasteiger partial charge in [-0.2, -0.15) is 0 Å². The highest BCUT2D eigenvalue weighted by Gasteiger charge is 2.38. The molecule has 146 valence electrons. The van der Waals surface area contributed by atoms with E-state index in [-0.39, 0.29) is 17.7 Å². The monoisotopic (exact) mass is 372 g/mol. The molecule has 1 atom stereocenters. The van der Waals surface area contributed by atoms with Crippen LogP contribution in [0.15, 0.2) is 24.3 Å². The van der Waals surface area contributed by atoms with E-state index in [4.69, 9.17) is 4.74 Å². The van der Waals surface area contributed by atoms with E-state index in [1.807, 2.05) is 28.0 Å². The molecule has 0 spiro atoms. The molecule has 0 aliphatic carbocycles. The highest BCUT2D eigenvalue weighted by molar-refractivity contribution is 6.02. The number of anilines is 2. The first-order valence-corrected chi connectivity index (χ1v) is 9.83. The van der Waals surface area contributed by atoms with Crippen molar-refractivity contribution >= 4 is 23.2 Å². The molecular formula is C20H28N4O3. The predicted octanol–water partition coefficient (Wildman–Crippen LogP) is 0.650. The van der Waals surface area contributed by atoms with Gasteiger partial charge >= 0.3 is 0 Å². The fraction of sp³-hybridized carbons (Fsp3) is 0.600. The van der Waals surface area contributed by atoms with Crippen molar-refractivity contribution in [3.05, 3.63) is 24.3 Å². The van der Waals surface area contributed by atoms with Gasteiger partial charge < -0.3 is 24.3 Å². The van der Waals surface area contributed by atoms with Crippen molar-refractivity contribution in [1.29, 1.82) is 0 Å². The summed E-state index contributed by atoms with van der Waals surface area (Å²) in [6.07, 6.45) is 0.308. The van der Waals surface area contributed by atoms with Crippen LogP contribution in [-0.4, -0.2) is 87.7 Å². The van der Waals surface area contributed by atoms with Gasteiger partial charge in [-0.05, 0) is 19.2 Å². The Morgan fingerprint density at radius 1 is 1.00 bits per heavy atom. The summed E-state index contributed by atoms with van der Waals surface area (Å²) in [5, 5.41) is 0. The Hall–Kier alpha value is -2.12. The minimum Gasteiger partial charge on any atom is -0.378 e. The summed E-state index contributed by atoms with van der Waals surface area (Å²) in [6, 6.07) is 8.01. The lowest BCUT2D eigenvalue weighted by atomic mass is 10.1. The van der Waals surface area contributed by atoms with Crippen molar-refractivity contribution in [3.63, 3.8) is 0 Å².